The molecule has 1 N–H and O–H groups in total. The van der Waals surface area contributed by atoms with Crippen molar-refractivity contribution in [3.8, 4) is 0 Å². The Morgan fingerprint density at radius 2 is 1.81 bits per heavy atom. The zero-order chi connectivity index (χ0) is 12.4. The first-order valence-corrected chi connectivity index (χ1v) is 5.91. The topological polar surface area (TPSA) is 63.6 Å². The number of unbranched alkanes of at least 4 members (excludes halogenated alkanes) is 2. The number of hydrogen-bond acceptors (Lipinski definition) is 3. The molecule has 0 saturated heterocycles. The van der Waals surface area contributed by atoms with Crippen LogP contribution in [0.15, 0.2) is 0 Å². The number of hydrogen-bond donors (Lipinski definition) is 1. The van der Waals surface area contributed by atoms with E-state index in [0.29, 0.717) is 6.42 Å². The van der Waals surface area contributed by atoms with Gasteiger partial charge in [-0.3, -0.25) is 9.59 Å². The molecule has 4 heteroatoms. The van der Waals surface area contributed by atoms with Crippen molar-refractivity contribution in [1.82, 2.24) is 0 Å². The van der Waals surface area contributed by atoms with Crippen molar-refractivity contribution in [2.24, 2.45) is 5.92 Å². The molecule has 0 spiro atoms. The maximum absolute atomic E-state index is 11.4. The first kappa shape index (κ1) is 14.9. The summed E-state index contributed by atoms with van der Waals surface area (Å²) in [5.74, 6) is -0.995. The van der Waals surface area contributed by atoms with Crippen molar-refractivity contribution in [3.63, 3.8) is 0 Å². The second kappa shape index (κ2) is 9.19. The number of carbonyl (C=O) groups is 2. The zero-order valence-electron chi connectivity index (χ0n) is 10.2. The molecular weight excluding hydrogens is 208 g/mol. The smallest absolute Gasteiger partial charge is 0.308 e. The molecule has 1 atom stereocenters. The molecule has 94 valence electrons. The average Bonchev–Trinajstić information content (AvgIpc) is 2.26. The number of carboxylic acids is 1. The lowest BCUT2D eigenvalue weighted by Gasteiger charge is -2.13. The van der Waals surface area contributed by atoms with E-state index in [-0.39, 0.29) is 18.3 Å². The van der Waals surface area contributed by atoms with Gasteiger partial charge >= 0.3 is 11.9 Å². The Kier molecular flexibility index (Phi) is 8.58. The van der Waals surface area contributed by atoms with Crippen molar-refractivity contribution >= 4 is 11.9 Å². The van der Waals surface area contributed by atoms with Gasteiger partial charge in [0.05, 0.1) is 13.0 Å². The zero-order valence-corrected chi connectivity index (χ0v) is 10.2. The van der Waals surface area contributed by atoms with Gasteiger partial charge in [0.25, 0.3) is 0 Å². The van der Waals surface area contributed by atoms with Gasteiger partial charge in [-0.05, 0) is 19.3 Å². The fourth-order valence-electron chi connectivity index (χ4n) is 1.66. The number of carbonyl (C=O) groups excluding carboxylic acids is 1. The summed E-state index contributed by atoms with van der Waals surface area (Å²) in [7, 11) is 1.40. The first-order chi connectivity index (χ1) is 7.61. The van der Waals surface area contributed by atoms with Gasteiger partial charge in [-0.15, -0.1) is 0 Å². The molecule has 0 aromatic carbocycles. The first-order valence-electron chi connectivity index (χ1n) is 5.91. The summed E-state index contributed by atoms with van der Waals surface area (Å²) in [5, 5.41) is 8.48. The molecule has 0 heterocycles. The monoisotopic (exact) mass is 230 g/mol. The van der Waals surface area contributed by atoms with E-state index in [4.69, 9.17) is 9.84 Å². The summed E-state index contributed by atoms with van der Waals surface area (Å²) in [5.41, 5.74) is 0. The minimum atomic E-state index is -0.775. The third-order valence-corrected chi connectivity index (χ3v) is 2.63. The fraction of sp³-hybridized carbons (Fsp3) is 0.833. The number of esters is 1. The molecule has 0 bridgehead atoms. The van der Waals surface area contributed by atoms with Gasteiger partial charge in [-0.25, -0.2) is 0 Å². The molecule has 0 radical (unpaired) electrons. The summed E-state index contributed by atoms with van der Waals surface area (Å²) >= 11 is 0. The minimum Gasteiger partial charge on any atom is -0.481 e. The molecule has 0 aliphatic carbocycles. The van der Waals surface area contributed by atoms with E-state index in [1.54, 1.807) is 0 Å². The number of aliphatic carboxylic acids is 1. The highest BCUT2D eigenvalue weighted by Gasteiger charge is 2.17. The van der Waals surface area contributed by atoms with Crippen molar-refractivity contribution in [1.29, 1.82) is 0 Å². The summed E-state index contributed by atoms with van der Waals surface area (Å²) in [4.78, 5) is 21.7. The van der Waals surface area contributed by atoms with E-state index in [1.807, 2.05) is 0 Å². The van der Waals surface area contributed by atoms with Crippen molar-refractivity contribution in [2.75, 3.05) is 7.11 Å². The molecular formula is C12H22O4. The number of carboxylic acid groups (broad SMARTS) is 1. The Morgan fingerprint density at radius 1 is 1.19 bits per heavy atom. The predicted molar refractivity (Wildman–Crippen MR) is 61.1 cm³/mol. The summed E-state index contributed by atoms with van der Waals surface area (Å²) in [6, 6.07) is 0. The largest absolute Gasteiger partial charge is 0.481 e. The molecule has 16 heavy (non-hydrogen) atoms. The van der Waals surface area contributed by atoms with E-state index < -0.39 is 5.97 Å². The van der Waals surface area contributed by atoms with Crippen LogP contribution >= 0.6 is 0 Å². The molecule has 4 nitrogen and oxygen atoms in total. The van der Waals surface area contributed by atoms with E-state index in [1.165, 1.54) is 7.11 Å². The molecule has 1 unspecified atom stereocenters. The maximum atomic E-state index is 11.4. The molecule has 0 fully saturated rings. The van der Waals surface area contributed by atoms with E-state index in [2.05, 4.69) is 6.92 Å². The predicted octanol–water partition coefficient (Wildman–Crippen LogP) is 2.61. The Balaban J connectivity index is 3.82. The fourth-order valence-corrected chi connectivity index (χ4v) is 1.66. The van der Waals surface area contributed by atoms with Gasteiger partial charge in [-0.1, -0.05) is 26.2 Å². The summed E-state index contributed by atoms with van der Waals surface area (Å²) in [6.45, 7) is 2.08. The van der Waals surface area contributed by atoms with Gasteiger partial charge in [0.2, 0.25) is 0 Å². The summed E-state index contributed by atoms with van der Waals surface area (Å²) in [6.07, 6.45) is 5.24. The Bertz CT molecular complexity index is 213. The van der Waals surface area contributed by atoms with E-state index in [9.17, 15) is 9.59 Å². The molecule has 0 aliphatic rings. The average molecular weight is 230 g/mol. The van der Waals surface area contributed by atoms with Crippen LogP contribution in [0.4, 0.5) is 0 Å². The molecule has 0 amide bonds. The van der Waals surface area contributed by atoms with Crippen LogP contribution in [0.5, 0.6) is 0 Å². The van der Waals surface area contributed by atoms with Gasteiger partial charge in [-0.2, -0.15) is 0 Å². The highest BCUT2D eigenvalue weighted by Crippen LogP contribution is 2.18. The molecule has 0 saturated carbocycles. The summed E-state index contributed by atoms with van der Waals surface area (Å²) < 4.78 is 4.73. The van der Waals surface area contributed by atoms with Gasteiger partial charge in [0, 0.05) is 6.42 Å². The van der Waals surface area contributed by atoms with Crippen LogP contribution in [0, 0.1) is 5.92 Å². The lowest BCUT2D eigenvalue weighted by molar-refractivity contribution is -0.146. The number of ether oxygens (including phenoxy) is 1. The SMILES string of the molecule is CCCCC(CCCCC(=O)O)C(=O)OC. The van der Waals surface area contributed by atoms with Crippen LogP contribution in [-0.4, -0.2) is 24.2 Å². The van der Waals surface area contributed by atoms with Gasteiger partial charge in [0.1, 0.15) is 0 Å². The highest BCUT2D eigenvalue weighted by molar-refractivity contribution is 5.72. The van der Waals surface area contributed by atoms with Gasteiger partial charge < -0.3 is 9.84 Å². The Hall–Kier alpha value is -1.06. The minimum absolute atomic E-state index is 0.0567. The molecule has 0 aromatic rings. The quantitative estimate of drug-likeness (QED) is 0.488. The maximum Gasteiger partial charge on any atom is 0.308 e. The normalized spacial score (nSPS) is 12.1. The van der Waals surface area contributed by atoms with E-state index in [0.717, 1.165) is 32.1 Å². The van der Waals surface area contributed by atoms with Crippen LogP contribution < -0.4 is 0 Å². The molecule has 0 rings (SSSR count). The third-order valence-electron chi connectivity index (χ3n) is 2.63. The number of methoxy groups -OCH3 is 1. The van der Waals surface area contributed by atoms with Crippen LogP contribution in [0.25, 0.3) is 0 Å². The van der Waals surface area contributed by atoms with Crippen molar-refractivity contribution in [2.45, 2.75) is 51.9 Å². The van der Waals surface area contributed by atoms with Crippen LogP contribution in [0.1, 0.15) is 51.9 Å². The highest BCUT2D eigenvalue weighted by atomic mass is 16.5. The number of rotatable bonds is 9. The molecule has 0 aromatic heterocycles. The van der Waals surface area contributed by atoms with Crippen molar-refractivity contribution in [3.05, 3.63) is 0 Å². The lowest BCUT2D eigenvalue weighted by Crippen LogP contribution is -2.16. The second-order valence-electron chi connectivity index (χ2n) is 4.00. The van der Waals surface area contributed by atoms with E-state index >= 15 is 0 Å². The van der Waals surface area contributed by atoms with Gasteiger partial charge in [0.15, 0.2) is 0 Å². The third kappa shape index (κ3) is 7.26. The second-order valence-corrected chi connectivity index (χ2v) is 4.00. The molecule has 0 aliphatic heterocycles. The standard InChI is InChI=1S/C12H22O4/c1-3-4-7-10(12(15)16-2)8-5-6-9-11(13)14/h10H,3-9H2,1-2H3,(H,13,14). The van der Waals surface area contributed by atoms with Crippen molar-refractivity contribution < 1.29 is 19.4 Å². The van der Waals surface area contributed by atoms with Crippen LogP contribution in [-0.2, 0) is 14.3 Å². The lowest BCUT2D eigenvalue weighted by atomic mass is 9.95. The Labute approximate surface area is 97.0 Å². The van der Waals surface area contributed by atoms with Crippen LogP contribution in [0.3, 0.4) is 0 Å². The van der Waals surface area contributed by atoms with Crippen LogP contribution in [0.2, 0.25) is 0 Å². The Morgan fingerprint density at radius 3 is 2.31 bits per heavy atom.